The minimum atomic E-state index is -0.0845. The number of ether oxygens (including phenoxy) is 2. The molecule has 0 saturated carbocycles. The van der Waals surface area contributed by atoms with Crippen LogP contribution in [-0.2, 0) is 17.7 Å². The van der Waals surface area contributed by atoms with E-state index in [1.165, 1.54) is 20.9 Å². The van der Waals surface area contributed by atoms with Gasteiger partial charge in [0, 0.05) is 64.2 Å². The molecular weight excluding hydrogens is 484 g/mol. The van der Waals surface area contributed by atoms with Crippen molar-refractivity contribution in [3.05, 3.63) is 93.9 Å². The van der Waals surface area contributed by atoms with Crippen LogP contribution in [0.25, 0.3) is 11.3 Å². The summed E-state index contributed by atoms with van der Waals surface area (Å²) < 4.78 is 10.9. The van der Waals surface area contributed by atoms with Crippen LogP contribution in [-0.4, -0.2) is 43.4 Å². The molecule has 188 valence electrons. The zero-order chi connectivity index (χ0) is 25.2. The van der Waals surface area contributed by atoms with Gasteiger partial charge in [-0.1, -0.05) is 36.0 Å². The molecule has 37 heavy (non-hydrogen) atoms. The highest BCUT2D eigenvalue weighted by Gasteiger charge is 2.21. The average Bonchev–Trinajstić information content (AvgIpc) is 2.95. The fourth-order valence-electron chi connectivity index (χ4n) is 4.92. The second kappa shape index (κ2) is 10.3. The van der Waals surface area contributed by atoms with Crippen LogP contribution in [0.15, 0.2) is 81.4 Å². The van der Waals surface area contributed by atoms with Crippen molar-refractivity contribution in [2.45, 2.75) is 22.8 Å². The lowest BCUT2D eigenvalue weighted by molar-refractivity contribution is 0.122. The van der Waals surface area contributed by atoms with Crippen LogP contribution in [0.3, 0.4) is 0 Å². The van der Waals surface area contributed by atoms with Crippen molar-refractivity contribution in [2.75, 3.05) is 43.6 Å². The molecule has 0 aliphatic carbocycles. The minimum absolute atomic E-state index is 0.0845. The van der Waals surface area contributed by atoms with E-state index in [1.807, 2.05) is 12.1 Å². The molecule has 0 bridgehead atoms. The van der Waals surface area contributed by atoms with Gasteiger partial charge in [-0.05, 0) is 47.9 Å². The zero-order valence-electron chi connectivity index (χ0n) is 20.6. The number of hydrogen-bond acceptors (Lipinski definition) is 7. The third-order valence-corrected chi connectivity index (χ3v) is 8.08. The van der Waals surface area contributed by atoms with Crippen LogP contribution >= 0.6 is 11.8 Å². The molecule has 4 aromatic rings. The molecule has 1 fully saturated rings. The molecule has 2 N–H and O–H groups in total. The summed E-state index contributed by atoms with van der Waals surface area (Å²) in [6.45, 7) is 3.59. The summed E-state index contributed by atoms with van der Waals surface area (Å²) in [4.78, 5) is 24.6. The lowest BCUT2D eigenvalue weighted by Crippen LogP contribution is -2.36. The summed E-state index contributed by atoms with van der Waals surface area (Å²) in [5, 5.41) is 3.51. The summed E-state index contributed by atoms with van der Waals surface area (Å²) in [6, 6.07) is 20.6. The predicted octanol–water partition coefficient (Wildman–Crippen LogP) is 4.95. The molecule has 2 aliphatic rings. The van der Waals surface area contributed by atoms with E-state index in [2.05, 4.69) is 62.6 Å². The molecule has 0 amide bonds. The molecule has 0 atom stereocenters. The van der Waals surface area contributed by atoms with Gasteiger partial charge in [0.1, 0.15) is 0 Å². The summed E-state index contributed by atoms with van der Waals surface area (Å²) >= 11 is 1.77. The van der Waals surface area contributed by atoms with Crippen molar-refractivity contribution in [1.82, 2.24) is 9.97 Å². The number of fused-ring (bicyclic) bond motifs is 2. The molecule has 0 spiro atoms. The molecule has 0 radical (unpaired) electrons. The summed E-state index contributed by atoms with van der Waals surface area (Å²) in [5.41, 5.74) is 7.40. The van der Waals surface area contributed by atoms with Crippen LogP contribution < -0.4 is 20.5 Å². The second-order valence-electron chi connectivity index (χ2n) is 9.14. The Balaban J connectivity index is 1.26. The second-order valence-corrected chi connectivity index (χ2v) is 10.2. The van der Waals surface area contributed by atoms with Gasteiger partial charge in [0.2, 0.25) is 11.4 Å². The first-order valence-electron chi connectivity index (χ1n) is 12.4. The molecular formula is C29H28N4O3S. The van der Waals surface area contributed by atoms with Crippen LogP contribution in [0.1, 0.15) is 16.7 Å². The zero-order valence-corrected chi connectivity index (χ0v) is 21.4. The Morgan fingerprint density at radius 3 is 2.84 bits per heavy atom. The van der Waals surface area contributed by atoms with Gasteiger partial charge in [-0.2, -0.15) is 0 Å². The van der Waals surface area contributed by atoms with E-state index in [4.69, 9.17) is 9.47 Å². The number of anilines is 2. The number of nitrogens with zero attached hydrogens (tertiary/aromatic N) is 2. The first-order chi connectivity index (χ1) is 18.2. The van der Waals surface area contributed by atoms with Crippen molar-refractivity contribution in [3.8, 4) is 17.1 Å². The number of morpholine rings is 1. The van der Waals surface area contributed by atoms with E-state index in [0.29, 0.717) is 25.6 Å². The van der Waals surface area contributed by atoms with Crippen LogP contribution in [0.5, 0.6) is 5.88 Å². The number of aromatic nitrogens is 2. The molecule has 1 saturated heterocycles. The highest BCUT2D eigenvalue weighted by molar-refractivity contribution is 7.99. The summed E-state index contributed by atoms with van der Waals surface area (Å²) in [5.74, 6) is 0.640. The molecule has 6 rings (SSSR count). The van der Waals surface area contributed by atoms with E-state index < -0.39 is 0 Å². The largest absolute Gasteiger partial charge is 0.481 e. The number of aromatic amines is 1. The fourth-order valence-corrected chi connectivity index (χ4v) is 6.09. The average molecular weight is 513 g/mol. The van der Waals surface area contributed by atoms with Gasteiger partial charge in [-0.25, -0.2) is 4.98 Å². The monoisotopic (exact) mass is 512 g/mol. The Bertz CT molecular complexity index is 1500. The van der Waals surface area contributed by atoms with Gasteiger partial charge in [0.05, 0.1) is 26.0 Å². The molecule has 7 nitrogen and oxygen atoms in total. The number of pyridine rings is 2. The van der Waals surface area contributed by atoms with E-state index >= 15 is 0 Å². The molecule has 2 aliphatic heterocycles. The summed E-state index contributed by atoms with van der Waals surface area (Å²) in [7, 11) is 1.64. The van der Waals surface area contributed by atoms with E-state index in [0.717, 1.165) is 47.7 Å². The number of hydrogen-bond donors (Lipinski definition) is 2. The van der Waals surface area contributed by atoms with E-state index in [1.54, 1.807) is 31.1 Å². The highest BCUT2D eigenvalue weighted by Crippen LogP contribution is 2.45. The first kappa shape index (κ1) is 23.6. The number of benzene rings is 2. The van der Waals surface area contributed by atoms with Gasteiger partial charge in [-0.15, -0.1) is 0 Å². The number of rotatable bonds is 6. The van der Waals surface area contributed by atoms with Crippen molar-refractivity contribution >= 4 is 23.1 Å². The molecule has 2 aromatic carbocycles. The standard InChI is InChI=1S/C29H28N4O3S/c1-35-29-20(5-3-9-30-29)18-31-22-7-8-26-21(15-22)14-19-4-2-6-24(28(19)37-26)25-16-23(17-27(34)32-25)33-10-12-36-13-11-33/h2-9,15-17,31H,10-14,18H2,1H3,(H,32,34). The van der Waals surface area contributed by atoms with Gasteiger partial charge in [0.15, 0.2) is 0 Å². The normalized spacial score (nSPS) is 14.6. The van der Waals surface area contributed by atoms with Gasteiger partial charge >= 0.3 is 0 Å². The van der Waals surface area contributed by atoms with Crippen molar-refractivity contribution in [2.24, 2.45) is 0 Å². The van der Waals surface area contributed by atoms with Crippen LogP contribution in [0.4, 0.5) is 11.4 Å². The van der Waals surface area contributed by atoms with E-state index in [9.17, 15) is 4.79 Å². The van der Waals surface area contributed by atoms with Crippen molar-refractivity contribution in [3.63, 3.8) is 0 Å². The third-order valence-electron chi connectivity index (χ3n) is 6.77. The van der Waals surface area contributed by atoms with Crippen molar-refractivity contribution < 1.29 is 9.47 Å². The Labute approximate surface area is 219 Å². The Morgan fingerprint density at radius 1 is 1.08 bits per heavy atom. The maximum absolute atomic E-state index is 12.6. The molecule has 4 heterocycles. The van der Waals surface area contributed by atoms with Gasteiger partial charge in [0.25, 0.3) is 0 Å². The Kier molecular flexibility index (Phi) is 6.59. The highest BCUT2D eigenvalue weighted by atomic mass is 32.2. The maximum Gasteiger partial charge on any atom is 0.250 e. The van der Waals surface area contributed by atoms with Crippen LogP contribution in [0.2, 0.25) is 0 Å². The Hall–Kier alpha value is -3.75. The molecule has 0 unspecified atom stereocenters. The Morgan fingerprint density at radius 2 is 1.97 bits per heavy atom. The first-order valence-corrected chi connectivity index (χ1v) is 13.2. The summed E-state index contributed by atoms with van der Waals surface area (Å²) in [6.07, 6.45) is 2.57. The third kappa shape index (κ3) is 4.95. The molecule has 8 heteroatoms. The number of nitrogens with one attached hydrogen (secondary N) is 2. The lowest BCUT2D eigenvalue weighted by Gasteiger charge is -2.29. The minimum Gasteiger partial charge on any atom is -0.481 e. The van der Waals surface area contributed by atoms with Crippen molar-refractivity contribution in [1.29, 1.82) is 0 Å². The topological polar surface area (TPSA) is 79.5 Å². The lowest BCUT2D eigenvalue weighted by atomic mass is 9.99. The number of methoxy groups -OCH3 is 1. The van der Waals surface area contributed by atoms with E-state index in [-0.39, 0.29) is 5.56 Å². The van der Waals surface area contributed by atoms with Gasteiger partial charge < -0.3 is 24.7 Å². The van der Waals surface area contributed by atoms with Crippen LogP contribution in [0, 0.1) is 0 Å². The number of H-pyrrole nitrogens is 1. The predicted molar refractivity (Wildman–Crippen MR) is 147 cm³/mol. The quantitative estimate of drug-likeness (QED) is 0.333. The maximum atomic E-state index is 12.6. The van der Waals surface area contributed by atoms with Gasteiger partial charge in [-0.3, -0.25) is 4.79 Å². The fraction of sp³-hybridized carbons (Fsp3) is 0.241. The smallest absolute Gasteiger partial charge is 0.250 e. The SMILES string of the molecule is COc1ncccc1CNc1ccc2c(c1)Cc1cccc(-c3cc(N4CCOCC4)cc(=O)[nH]3)c1S2. The molecule has 2 aromatic heterocycles.